The Morgan fingerprint density at radius 1 is 1.03 bits per heavy atom. The van der Waals surface area contributed by atoms with E-state index in [0.717, 1.165) is 47.9 Å². The van der Waals surface area contributed by atoms with Crippen LogP contribution in [0.5, 0.6) is 0 Å². The smallest absolute Gasteiger partial charge is 0.254 e. The fourth-order valence-corrected chi connectivity index (χ4v) is 5.00. The van der Waals surface area contributed by atoms with Crippen LogP contribution in [0.2, 0.25) is 5.02 Å². The van der Waals surface area contributed by atoms with Gasteiger partial charge in [-0.25, -0.2) is 0 Å². The number of likely N-dealkylation sites (tertiary alicyclic amines) is 1. The molecule has 0 saturated carbocycles. The summed E-state index contributed by atoms with van der Waals surface area (Å²) in [6, 6.07) is 18.8. The molecule has 7 nitrogen and oxygen atoms in total. The zero-order valence-electron chi connectivity index (χ0n) is 19.4. The molecule has 5 rings (SSSR count). The molecule has 2 aliphatic rings. The number of nitrogens with one attached hydrogen (secondary N) is 2. The molecule has 180 valence electrons. The van der Waals surface area contributed by atoms with E-state index in [-0.39, 0.29) is 5.91 Å². The van der Waals surface area contributed by atoms with Crippen molar-refractivity contribution in [3.63, 3.8) is 0 Å². The van der Waals surface area contributed by atoms with E-state index in [4.69, 9.17) is 17.3 Å². The molecule has 35 heavy (non-hydrogen) atoms. The summed E-state index contributed by atoms with van der Waals surface area (Å²) in [6.07, 6.45) is 2.43. The summed E-state index contributed by atoms with van der Waals surface area (Å²) in [5, 5.41) is 6.99. The standard InChI is InChI=1S/C27H28ClN5O2/c28-21-5-1-2-6-23(21)31-22-11-12-24(25-20(22)17-30-27(25)35)33(16-15-32-13-3-4-14-32)19-9-7-18(8-10-19)26(29)34/h1-2,5-12,31H,3-4,13-17H2,(H2,29,34)(H,30,35). The van der Waals surface area contributed by atoms with Crippen LogP contribution >= 0.6 is 11.6 Å². The Labute approximate surface area is 209 Å². The molecule has 0 bridgehead atoms. The highest BCUT2D eigenvalue weighted by molar-refractivity contribution is 6.33. The van der Waals surface area contributed by atoms with E-state index in [1.54, 1.807) is 12.1 Å². The van der Waals surface area contributed by atoms with Crippen molar-refractivity contribution in [3.05, 3.63) is 82.4 Å². The summed E-state index contributed by atoms with van der Waals surface area (Å²) in [5.41, 5.74) is 10.8. The fourth-order valence-electron chi connectivity index (χ4n) is 4.82. The van der Waals surface area contributed by atoms with Crippen molar-refractivity contribution in [1.82, 2.24) is 10.2 Å². The largest absolute Gasteiger partial charge is 0.366 e. The minimum absolute atomic E-state index is 0.0993. The van der Waals surface area contributed by atoms with Gasteiger partial charge < -0.3 is 26.2 Å². The third-order valence-electron chi connectivity index (χ3n) is 6.68. The first-order valence-electron chi connectivity index (χ1n) is 11.9. The van der Waals surface area contributed by atoms with Gasteiger partial charge in [0.2, 0.25) is 5.91 Å². The van der Waals surface area contributed by atoms with Gasteiger partial charge in [0.25, 0.3) is 5.91 Å². The number of rotatable bonds is 8. The molecule has 0 radical (unpaired) electrons. The van der Waals surface area contributed by atoms with E-state index in [9.17, 15) is 9.59 Å². The topological polar surface area (TPSA) is 90.7 Å². The quantitative estimate of drug-likeness (QED) is 0.428. The molecule has 0 spiro atoms. The van der Waals surface area contributed by atoms with Crippen LogP contribution in [-0.2, 0) is 6.54 Å². The monoisotopic (exact) mass is 489 g/mol. The molecule has 0 aliphatic carbocycles. The highest BCUT2D eigenvalue weighted by atomic mass is 35.5. The summed E-state index contributed by atoms with van der Waals surface area (Å²) in [5.74, 6) is -0.562. The molecule has 3 aromatic rings. The maximum Gasteiger partial charge on any atom is 0.254 e. The molecule has 4 N–H and O–H groups in total. The zero-order valence-corrected chi connectivity index (χ0v) is 20.1. The van der Waals surface area contributed by atoms with Crippen molar-refractivity contribution in [2.45, 2.75) is 19.4 Å². The molecule has 1 saturated heterocycles. The Balaban J connectivity index is 1.53. The van der Waals surface area contributed by atoms with Crippen LogP contribution in [-0.4, -0.2) is 42.9 Å². The Hall–Kier alpha value is -3.55. The Kier molecular flexibility index (Phi) is 6.61. The maximum atomic E-state index is 13.0. The van der Waals surface area contributed by atoms with E-state index < -0.39 is 5.91 Å². The highest BCUT2D eigenvalue weighted by Gasteiger charge is 2.29. The normalized spacial score (nSPS) is 15.1. The van der Waals surface area contributed by atoms with Crippen molar-refractivity contribution in [1.29, 1.82) is 0 Å². The summed E-state index contributed by atoms with van der Waals surface area (Å²) < 4.78 is 0. The van der Waals surface area contributed by atoms with E-state index in [1.807, 2.05) is 48.5 Å². The number of benzene rings is 3. The Morgan fingerprint density at radius 3 is 2.49 bits per heavy atom. The van der Waals surface area contributed by atoms with Crippen LogP contribution < -0.4 is 21.3 Å². The second-order valence-corrected chi connectivity index (χ2v) is 9.29. The molecule has 2 heterocycles. The number of anilines is 4. The lowest BCUT2D eigenvalue weighted by molar-refractivity contribution is 0.0964. The molecule has 0 unspecified atom stereocenters. The third-order valence-corrected chi connectivity index (χ3v) is 7.01. The second kappa shape index (κ2) is 9.98. The van der Waals surface area contributed by atoms with Gasteiger partial charge in [0.1, 0.15) is 0 Å². The number of carbonyl (C=O) groups is 2. The Bertz CT molecular complexity index is 1250. The number of hydrogen-bond acceptors (Lipinski definition) is 5. The average Bonchev–Trinajstić information content (AvgIpc) is 3.52. The average molecular weight is 490 g/mol. The first-order chi connectivity index (χ1) is 17.0. The van der Waals surface area contributed by atoms with E-state index in [2.05, 4.69) is 20.4 Å². The van der Waals surface area contributed by atoms with Crippen LogP contribution in [0.1, 0.15) is 39.1 Å². The molecule has 2 aliphatic heterocycles. The van der Waals surface area contributed by atoms with Crippen LogP contribution in [0.4, 0.5) is 22.7 Å². The lowest BCUT2D eigenvalue weighted by Crippen LogP contribution is -2.32. The van der Waals surface area contributed by atoms with Gasteiger partial charge in [-0.2, -0.15) is 0 Å². The maximum absolute atomic E-state index is 13.0. The van der Waals surface area contributed by atoms with Gasteiger partial charge in [-0.15, -0.1) is 0 Å². The van der Waals surface area contributed by atoms with Crippen molar-refractivity contribution in [2.75, 3.05) is 36.4 Å². The molecule has 0 atom stereocenters. The summed E-state index contributed by atoms with van der Waals surface area (Å²) in [6.45, 7) is 4.22. The molecule has 3 aromatic carbocycles. The van der Waals surface area contributed by atoms with Crippen LogP contribution in [0, 0.1) is 0 Å². The molecule has 0 aromatic heterocycles. The number of para-hydroxylation sites is 1. The second-order valence-electron chi connectivity index (χ2n) is 8.88. The summed E-state index contributed by atoms with van der Waals surface area (Å²) in [7, 11) is 0. The number of amides is 2. The lowest BCUT2D eigenvalue weighted by atomic mass is 10.0. The predicted molar refractivity (Wildman–Crippen MR) is 140 cm³/mol. The Morgan fingerprint density at radius 2 is 1.77 bits per heavy atom. The zero-order chi connectivity index (χ0) is 24.4. The van der Waals surface area contributed by atoms with Crippen molar-refractivity contribution >= 4 is 46.2 Å². The first-order valence-corrected chi connectivity index (χ1v) is 12.2. The van der Waals surface area contributed by atoms with E-state index >= 15 is 0 Å². The first kappa shape index (κ1) is 23.2. The number of nitrogens with two attached hydrogens (primary N) is 1. The third kappa shape index (κ3) is 4.83. The van der Waals surface area contributed by atoms with Gasteiger partial charge in [-0.1, -0.05) is 23.7 Å². The van der Waals surface area contributed by atoms with Crippen molar-refractivity contribution in [3.8, 4) is 0 Å². The van der Waals surface area contributed by atoms with Crippen molar-refractivity contribution < 1.29 is 9.59 Å². The number of hydrogen-bond donors (Lipinski definition) is 3. The number of carbonyl (C=O) groups excluding carboxylic acids is 2. The molecular formula is C27H28ClN5O2. The molecular weight excluding hydrogens is 462 g/mol. The van der Waals surface area contributed by atoms with Gasteiger partial charge in [-0.05, 0) is 74.5 Å². The van der Waals surface area contributed by atoms with Gasteiger partial charge in [-0.3, -0.25) is 9.59 Å². The van der Waals surface area contributed by atoms with Crippen LogP contribution in [0.15, 0.2) is 60.7 Å². The minimum atomic E-state index is -0.463. The molecule has 2 amide bonds. The number of halogens is 1. The van der Waals surface area contributed by atoms with E-state index in [0.29, 0.717) is 29.2 Å². The lowest BCUT2D eigenvalue weighted by Gasteiger charge is -2.29. The predicted octanol–water partition coefficient (Wildman–Crippen LogP) is 4.66. The van der Waals surface area contributed by atoms with Gasteiger partial charge in [0.05, 0.1) is 22.0 Å². The van der Waals surface area contributed by atoms with E-state index in [1.165, 1.54) is 12.8 Å². The molecule has 8 heteroatoms. The number of fused-ring (bicyclic) bond motifs is 1. The molecule has 1 fully saturated rings. The van der Waals surface area contributed by atoms with Gasteiger partial charge in [0, 0.05) is 42.1 Å². The fraction of sp³-hybridized carbons (Fsp3) is 0.259. The number of nitrogens with zero attached hydrogens (tertiary/aromatic N) is 2. The summed E-state index contributed by atoms with van der Waals surface area (Å²) >= 11 is 6.36. The van der Waals surface area contributed by atoms with Gasteiger partial charge >= 0.3 is 0 Å². The van der Waals surface area contributed by atoms with Crippen molar-refractivity contribution in [2.24, 2.45) is 5.73 Å². The highest BCUT2D eigenvalue weighted by Crippen LogP contribution is 2.38. The van der Waals surface area contributed by atoms with Crippen LogP contribution in [0.25, 0.3) is 0 Å². The van der Waals surface area contributed by atoms with Crippen LogP contribution in [0.3, 0.4) is 0 Å². The SMILES string of the molecule is NC(=O)c1ccc(N(CCN2CCCC2)c2ccc(Nc3ccccc3Cl)c3c2C(=O)NC3)cc1. The summed E-state index contributed by atoms with van der Waals surface area (Å²) in [4.78, 5) is 29.2. The minimum Gasteiger partial charge on any atom is -0.366 e. The van der Waals surface area contributed by atoms with Gasteiger partial charge in [0.15, 0.2) is 0 Å². The number of primary amides is 1.